The summed E-state index contributed by atoms with van der Waals surface area (Å²) in [5, 5.41) is 3.12. The van der Waals surface area contributed by atoms with Crippen LogP contribution in [0.5, 0.6) is 0 Å². The molecule has 0 saturated carbocycles. The van der Waals surface area contributed by atoms with Gasteiger partial charge in [-0.1, -0.05) is 19.1 Å². The largest absolute Gasteiger partial charge is 0.371 e. The second-order valence-electron chi connectivity index (χ2n) is 7.68. The third-order valence-electron chi connectivity index (χ3n) is 5.42. The van der Waals surface area contributed by atoms with Gasteiger partial charge < -0.3 is 15.1 Å². The van der Waals surface area contributed by atoms with Crippen LogP contribution in [0.1, 0.15) is 38.2 Å². The molecule has 0 aromatic heterocycles. The Labute approximate surface area is 146 Å². The monoisotopic (exact) mass is 329 g/mol. The summed E-state index contributed by atoms with van der Waals surface area (Å²) in [5.74, 6) is 1.14. The number of hydrogen-bond acceptors (Lipinski definition) is 3. The lowest BCUT2D eigenvalue weighted by Crippen LogP contribution is -2.41. The number of benzene rings is 1. The molecule has 132 valence electrons. The highest BCUT2D eigenvalue weighted by molar-refractivity contribution is 5.79. The molecule has 1 aromatic rings. The fourth-order valence-corrected chi connectivity index (χ4v) is 3.96. The van der Waals surface area contributed by atoms with Crippen molar-refractivity contribution in [3.8, 4) is 0 Å². The van der Waals surface area contributed by atoms with Crippen LogP contribution in [-0.2, 0) is 11.3 Å². The minimum absolute atomic E-state index is 0.151. The molecule has 2 heterocycles. The van der Waals surface area contributed by atoms with Crippen molar-refractivity contribution in [1.82, 2.24) is 10.2 Å². The van der Waals surface area contributed by atoms with Crippen LogP contribution in [0.15, 0.2) is 24.3 Å². The van der Waals surface area contributed by atoms with Gasteiger partial charge >= 0.3 is 0 Å². The average molecular weight is 329 g/mol. The topological polar surface area (TPSA) is 35.6 Å². The summed E-state index contributed by atoms with van der Waals surface area (Å²) in [5.41, 5.74) is 2.49. The van der Waals surface area contributed by atoms with Gasteiger partial charge in [0.2, 0.25) is 5.91 Å². The highest BCUT2D eigenvalue weighted by Gasteiger charge is 2.23. The van der Waals surface area contributed by atoms with E-state index in [0.717, 1.165) is 44.9 Å². The Morgan fingerprint density at radius 1 is 1.12 bits per heavy atom. The lowest BCUT2D eigenvalue weighted by atomic mass is 9.97. The second kappa shape index (κ2) is 8.02. The smallest absolute Gasteiger partial charge is 0.224 e. The summed E-state index contributed by atoms with van der Waals surface area (Å²) in [6, 6.07) is 8.71. The van der Waals surface area contributed by atoms with Crippen LogP contribution in [0.3, 0.4) is 0 Å². The first-order valence-electron chi connectivity index (χ1n) is 9.42. The van der Waals surface area contributed by atoms with Crippen molar-refractivity contribution < 1.29 is 4.79 Å². The van der Waals surface area contributed by atoms with E-state index in [1.165, 1.54) is 24.1 Å². The Morgan fingerprint density at radius 2 is 1.88 bits per heavy atom. The van der Waals surface area contributed by atoms with Gasteiger partial charge in [0.1, 0.15) is 0 Å². The van der Waals surface area contributed by atoms with Crippen molar-refractivity contribution in [2.45, 2.75) is 39.2 Å². The van der Waals surface area contributed by atoms with Gasteiger partial charge in [0.25, 0.3) is 0 Å². The van der Waals surface area contributed by atoms with E-state index in [0.29, 0.717) is 6.54 Å². The number of likely N-dealkylation sites (tertiary alicyclic amines) is 1. The van der Waals surface area contributed by atoms with E-state index in [-0.39, 0.29) is 11.8 Å². The molecule has 2 aliphatic rings. The van der Waals surface area contributed by atoms with Gasteiger partial charge in [0, 0.05) is 31.9 Å². The van der Waals surface area contributed by atoms with Crippen molar-refractivity contribution in [3.05, 3.63) is 29.8 Å². The van der Waals surface area contributed by atoms with Gasteiger partial charge in [-0.05, 0) is 62.9 Å². The highest BCUT2D eigenvalue weighted by Crippen LogP contribution is 2.23. The Morgan fingerprint density at radius 3 is 2.58 bits per heavy atom. The zero-order valence-corrected chi connectivity index (χ0v) is 15.1. The molecule has 2 atom stereocenters. The number of piperidine rings is 2. The van der Waals surface area contributed by atoms with E-state index in [1.807, 2.05) is 0 Å². The number of anilines is 1. The molecule has 0 aliphatic carbocycles. The third-order valence-corrected chi connectivity index (χ3v) is 5.42. The van der Waals surface area contributed by atoms with E-state index < -0.39 is 0 Å². The van der Waals surface area contributed by atoms with Crippen LogP contribution in [-0.4, -0.2) is 44.0 Å². The normalized spacial score (nSPS) is 25.5. The molecule has 0 unspecified atom stereocenters. The molecule has 3 rings (SSSR count). The molecule has 1 aromatic carbocycles. The van der Waals surface area contributed by atoms with E-state index >= 15 is 0 Å². The van der Waals surface area contributed by atoms with E-state index in [4.69, 9.17) is 0 Å². The lowest BCUT2D eigenvalue weighted by molar-refractivity contribution is -0.126. The van der Waals surface area contributed by atoms with E-state index in [1.54, 1.807) is 0 Å². The van der Waals surface area contributed by atoms with Gasteiger partial charge in [-0.2, -0.15) is 0 Å². The number of amides is 1. The molecule has 0 spiro atoms. The summed E-state index contributed by atoms with van der Waals surface area (Å²) in [6.07, 6.45) is 4.77. The summed E-state index contributed by atoms with van der Waals surface area (Å²) in [6.45, 7) is 7.29. The quantitative estimate of drug-likeness (QED) is 0.922. The second-order valence-corrected chi connectivity index (χ2v) is 7.68. The first-order valence-corrected chi connectivity index (χ1v) is 9.42. The van der Waals surface area contributed by atoms with Crippen molar-refractivity contribution in [3.63, 3.8) is 0 Å². The zero-order valence-electron chi connectivity index (χ0n) is 15.1. The predicted molar refractivity (Wildman–Crippen MR) is 99.1 cm³/mol. The third kappa shape index (κ3) is 4.50. The number of carbonyl (C=O) groups excluding carboxylic acids is 1. The maximum atomic E-state index is 12.3. The maximum absolute atomic E-state index is 12.3. The van der Waals surface area contributed by atoms with Gasteiger partial charge in [0.15, 0.2) is 0 Å². The molecule has 0 radical (unpaired) electrons. The van der Waals surface area contributed by atoms with Crippen LogP contribution >= 0.6 is 0 Å². The van der Waals surface area contributed by atoms with E-state index in [2.05, 4.69) is 53.4 Å². The summed E-state index contributed by atoms with van der Waals surface area (Å²) in [4.78, 5) is 17.1. The molecule has 1 amide bonds. The SMILES string of the molecule is C[C@H]1CCCN(c2ccc(CNC(=O)[C@@H]3CCCN(C)C3)cc2)C1. The van der Waals surface area contributed by atoms with E-state index in [9.17, 15) is 4.79 Å². The van der Waals surface area contributed by atoms with Crippen molar-refractivity contribution in [2.75, 3.05) is 38.1 Å². The Hall–Kier alpha value is -1.55. The number of rotatable bonds is 4. The Balaban J connectivity index is 1.50. The first-order chi connectivity index (χ1) is 11.6. The number of nitrogens with one attached hydrogen (secondary N) is 1. The minimum Gasteiger partial charge on any atom is -0.371 e. The fraction of sp³-hybridized carbons (Fsp3) is 0.650. The molecular formula is C20H31N3O. The first kappa shape index (κ1) is 17.3. The van der Waals surface area contributed by atoms with Crippen LogP contribution in [0.4, 0.5) is 5.69 Å². The average Bonchev–Trinajstić information content (AvgIpc) is 2.60. The van der Waals surface area contributed by atoms with Gasteiger partial charge in [-0.3, -0.25) is 4.79 Å². The molecule has 2 fully saturated rings. The standard InChI is InChI=1S/C20H31N3O/c1-16-5-3-12-23(14-16)19-9-7-17(8-10-19)13-21-20(24)18-6-4-11-22(2)15-18/h7-10,16,18H,3-6,11-15H2,1-2H3,(H,21,24)/t16-,18+/m0/s1. The number of nitrogens with zero attached hydrogens (tertiary/aromatic N) is 2. The minimum atomic E-state index is 0.151. The van der Waals surface area contributed by atoms with Gasteiger partial charge in [-0.25, -0.2) is 0 Å². The van der Waals surface area contributed by atoms with Gasteiger partial charge in [-0.15, -0.1) is 0 Å². The Bertz CT molecular complexity index is 542. The van der Waals surface area contributed by atoms with Crippen molar-refractivity contribution >= 4 is 11.6 Å². The molecule has 0 bridgehead atoms. The number of carbonyl (C=O) groups is 1. The summed E-state index contributed by atoms with van der Waals surface area (Å²) >= 11 is 0. The fourth-order valence-electron chi connectivity index (χ4n) is 3.96. The van der Waals surface area contributed by atoms with Crippen LogP contribution in [0, 0.1) is 11.8 Å². The summed E-state index contributed by atoms with van der Waals surface area (Å²) < 4.78 is 0. The molecule has 24 heavy (non-hydrogen) atoms. The van der Waals surface area contributed by atoms with Crippen molar-refractivity contribution in [2.24, 2.45) is 11.8 Å². The maximum Gasteiger partial charge on any atom is 0.224 e. The molecule has 4 nitrogen and oxygen atoms in total. The molecule has 2 aliphatic heterocycles. The lowest BCUT2D eigenvalue weighted by Gasteiger charge is -2.32. The van der Waals surface area contributed by atoms with Crippen LogP contribution in [0.25, 0.3) is 0 Å². The van der Waals surface area contributed by atoms with Crippen LogP contribution < -0.4 is 10.2 Å². The van der Waals surface area contributed by atoms with Crippen molar-refractivity contribution in [1.29, 1.82) is 0 Å². The molecular weight excluding hydrogens is 298 g/mol. The molecule has 4 heteroatoms. The van der Waals surface area contributed by atoms with Crippen LogP contribution in [0.2, 0.25) is 0 Å². The zero-order chi connectivity index (χ0) is 16.9. The Kier molecular flexibility index (Phi) is 5.77. The highest BCUT2D eigenvalue weighted by atomic mass is 16.1. The van der Waals surface area contributed by atoms with Gasteiger partial charge in [0.05, 0.1) is 5.92 Å². The number of hydrogen-bond donors (Lipinski definition) is 1. The predicted octanol–water partition coefficient (Wildman–Crippen LogP) is 2.88. The molecule has 1 N–H and O–H groups in total. The molecule has 2 saturated heterocycles. The summed E-state index contributed by atoms with van der Waals surface area (Å²) in [7, 11) is 2.10.